The highest BCUT2D eigenvalue weighted by atomic mass is 35.5. The van der Waals surface area contributed by atoms with E-state index >= 15 is 0 Å². The summed E-state index contributed by atoms with van der Waals surface area (Å²) in [5.41, 5.74) is 2.97. The van der Waals surface area contributed by atoms with Crippen molar-refractivity contribution in [2.75, 3.05) is 6.54 Å². The summed E-state index contributed by atoms with van der Waals surface area (Å²) in [6, 6.07) is 3.56. The quantitative estimate of drug-likeness (QED) is 0.655. The first-order valence-electron chi connectivity index (χ1n) is 8.48. The molecule has 1 amide bonds. The van der Waals surface area contributed by atoms with Gasteiger partial charge in [0, 0.05) is 19.4 Å². The summed E-state index contributed by atoms with van der Waals surface area (Å²) in [5.74, 6) is -2.74. The van der Waals surface area contributed by atoms with Crippen molar-refractivity contribution < 1.29 is 13.6 Å². The molecule has 0 bridgehead atoms. The Hall–Kier alpha value is -1.68. The molecule has 136 valence electrons. The number of aryl methyl sites for hydroxylation is 1. The third-order valence-electron chi connectivity index (χ3n) is 4.56. The Morgan fingerprint density at radius 1 is 1.40 bits per heavy atom. The van der Waals surface area contributed by atoms with Crippen LogP contribution in [-0.4, -0.2) is 18.4 Å². The monoisotopic (exact) mass is 367 g/mol. The van der Waals surface area contributed by atoms with Gasteiger partial charge in [-0.2, -0.15) is 0 Å². The van der Waals surface area contributed by atoms with Crippen molar-refractivity contribution in [1.82, 2.24) is 5.32 Å². The molecule has 0 spiro atoms. The maximum Gasteiger partial charge on any atom is 0.253 e. The summed E-state index contributed by atoms with van der Waals surface area (Å²) in [4.78, 5) is 12.7. The van der Waals surface area contributed by atoms with Gasteiger partial charge in [-0.15, -0.1) is 0 Å². The molecule has 1 aliphatic rings. The predicted molar refractivity (Wildman–Crippen MR) is 99.3 cm³/mol. The molecule has 1 aromatic rings. The van der Waals surface area contributed by atoms with Crippen molar-refractivity contribution in [1.29, 1.82) is 0 Å². The molecule has 2 nitrogen and oxygen atoms in total. The van der Waals surface area contributed by atoms with E-state index in [9.17, 15) is 13.6 Å². The van der Waals surface area contributed by atoms with Crippen LogP contribution in [0.4, 0.5) is 8.78 Å². The molecule has 0 aliphatic heterocycles. The van der Waals surface area contributed by atoms with Crippen molar-refractivity contribution in [2.45, 2.75) is 45.5 Å². The van der Waals surface area contributed by atoms with Crippen molar-refractivity contribution in [3.8, 4) is 0 Å². The first-order chi connectivity index (χ1) is 11.7. The second-order valence-electron chi connectivity index (χ2n) is 6.84. The molecule has 1 saturated carbocycles. The molecule has 0 atom stereocenters. The number of alkyl halides is 2. The number of hydrogen-bond acceptors (Lipinski definition) is 1. The molecule has 2 rings (SSSR count). The Morgan fingerprint density at radius 3 is 2.64 bits per heavy atom. The minimum Gasteiger partial charge on any atom is -0.352 e. The molecule has 1 aliphatic carbocycles. The smallest absolute Gasteiger partial charge is 0.253 e. The highest BCUT2D eigenvalue weighted by Crippen LogP contribution is 2.35. The van der Waals surface area contributed by atoms with Gasteiger partial charge in [0.15, 0.2) is 0 Å². The molecule has 0 aromatic heterocycles. The van der Waals surface area contributed by atoms with E-state index in [0.29, 0.717) is 30.0 Å². The number of halogens is 3. The van der Waals surface area contributed by atoms with Crippen LogP contribution in [0.2, 0.25) is 5.02 Å². The third-order valence-corrected chi connectivity index (χ3v) is 4.88. The van der Waals surface area contributed by atoms with Gasteiger partial charge in [-0.25, -0.2) is 8.78 Å². The lowest BCUT2D eigenvalue weighted by molar-refractivity contribution is -0.0452. The van der Waals surface area contributed by atoms with Crippen LogP contribution in [0.15, 0.2) is 30.4 Å². The number of carbonyl (C=O) groups excluding carboxylic acids is 1. The van der Waals surface area contributed by atoms with Crippen LogP contribution in [-0.2, 0) is 0 Å². The standard InChI is InChI=1S/C20H24ClF2NO/c1-13(2)4-6-16-14(3)5-7-17(21)18(16)19(25)24-12-15-8-10-20(22,23)11-9-15/h4-7,15H,1,8-12H2,2-3H3,(H,24,25)/b6-4-. The van der Waals surface area contributed by atoms with Gasteiger partial charge in [-0.3, -0.25) is 4.79 Å². The van der Waals surface area contributed by atoms with Gasteiger partial charge in [-0.05, 0) is 49.8 Å². The molecule has 0 heterocycles. The van der Waals surface area contributed by atoms with E-state index in [1.165, 1.54) is 0 Å². The van der Waals surface area contributed by atoms with Gasteiger partial charge < -0.3 is 5.32 Å². The molecule has 0 radical (unpaired) electrons. The molecular formula is C20H24ClF2NO. The van der Waals surface area contributed by atoms with Crippen molar-refractivity contribution in [2.24, 2.45) is 5.92 Å². The zero-order valence-electron chi connectivity index (χ0n) is 14.7. The predicted octanol–water partition coefficient (Wildman–Crippen LogP) is 5.79. The molecular weight excluding hydrogens is 344 g/mol. The molecule has 5 heteroatoms. The summed E-state index contributed by atoms with van der Waals surface area (Å²) in [5, 5.41) is 3.24. The second-order valence-corrected chi connectivity index (χ2v) is 7.25. The summed E-state index contributed by atoms with van der Waals surface area (Å²) in [6.07, 6.45) is 4.31. The summed E-state index contributed by atoms with van der Waals surface area (Å²) in [7, 11) is 0. The normalized spacial score (nSPS) is 17.6. The Bertz CT molecular complexity index is 687. The summed E-state index contributed by atoms with van der Waals surface area (Å²) < 4.78 is 26.4. The number of amides is 1. The SMILES string of the molecule is C=C(C)/C=C\c1c(C)ccc(Cl)c1C(=O)NCC1CCC(F)(F)CC1. The van der Waals surface area contributed by atoms with E-state index in [2.05, 4.69) is 11.9 Å². The van der Waals surface area contributed by atoms with Gasteiger partial charge >= 0.3 is 0 Å². The van der Waals surface area contributed by atoms with Gasteiger partial charge in [0.2, 0.25) is 5.92 Å². The second kappa shape index (κ2) is 8.13. The van der Waals surface area contributed by atoms with Crippen LogP contribution < -0.4 is 5.32 Å². The van der Waals surface area contributed by atoms with E-state index in [1.807, 2.05) is 32.1 Å². The average molecular weight is 368 g/mol. The van der Waals surface area contributed by atoms with Crippen LogP contribution in [0, 0.1) is 12.8 Å². The fourth-order valence-corrected chi connectivity index (χ4v) is 3.25. The maximum absolute atomic E-state index is 13.2. The first-order valence-corrected chi connectivity index (χ1v) is 8.86. The Morgan fingerprint density at radius 2 is 2.04 bits per heavy atom. The molecule has 0 unspecified atom stereocenters. The van der Waals surface area contributed by atoms with Gasteiger partial charge in [0.25, 0.3) is 5.91 Å². The highest BCUT2D eigenvalue weighted by molar-refractivity contribution is 6.34. The van der Waals surface area contributed by atoms with Gasteiger partial charge in [0.05, 0.1) is 10.6 Å². The lowest BCUT2D eigenvalue weighted by Crippen LogP contribution is -2.34. The maximum atomic E-state index is 13.2. The topological polar surface area (TPSA) is 29.1 Å². The zero-order chi connectivity index (χ0) is 18.6. The third kappa shape index (κ3) is 5.40. The minimum atomic E-state index is -2.55. The van der Waals surface area contributed by atoms with E-state index in [4.69, 9.17) is 11.6 Å². The van der Waals surface area contributed by atoms with Gasteiger partial charge in [0.1, 0.15) is 0 Å². The van der Waals surface area contributed by atoms with Crippen molar-refractivity contribution in [3.05, 3.63) is 52.1 Å². The number of hydrogen-bond donors (Lipinski definition) is 1. The van der Waals surface area contributed by atoms with E-state index in [1.54, 1.807) is 6.07 Å². The van der Waals surface area contributed by atoms with Crippen LogP contribution in [0.25, 0.3) is 6.08 Å². The number of carbonyl (C=O) groups is 1. The Labute approximate surface area is 153 Å². The minimum absolute atomic E-state index is 0.0848. The largest absolute Gasteiger partial charge is 0.352 e. The lowest BCUT2D eigenvalue weighted by atomic mass is 9.86. The van der Waals surface area contributed by atoms with E-state index < -0.39 is 5.92 Å². The van der Waals surface area contributed by atoms with Crippen LogP contribution in [0.5, 0.6) is 0 Å². The molecule has 1 fully saturated rings. The first kappa shape index (κ1) is 19.6. The Balaban J connectivity index is 2.11. The van der Waals surface area contributed by atoms with Crippen LogP contribution in [0.3, 0.4) is 0 Å². The van der Waals surface area contributed by atoms with E-state index in [-0.39, 0.29) is 24.7 Å². The lowest BCUT2D eigenvalue weighted by Gasteiger charge is -2.28. The fraction of sp³-hybridized carbons (Fsp3) is 0.450. The molecule has 1 aromatic carbocycles. The summed E-state index contributed by atoms with van der Waals surface area (Å²) in [6.45, 7) is 8.00. The van der Waals surface area contributed by atoms with Crippen LogP contribution >= 0.6 is 11.6 Å². The number of allylic oxidation sites excluding steroid dienone is 2. The van der Waals surface area contributed by atoms with Crippen LogP contribution in [0.1, 0.15) is 54.1 Å². The molecule has 0 saturated heterocycles. The Kier molecular flexibility index (Phi) is 6.39. The van der Waals surface area contributed by atoms with Gasteiger partial charge in [-0.1, -0.05) is 42.0 Å². The fourth-order valence-electron chi connectivity index (χ4n) is 3.00. The summed E-state index contributed by atoms with van der Waals surface area (Å²) >= 11 is 6.25. The average Bonchev–Trinajstić information content (AvgIpc) is 2.54. The number of benzene rings is 1. The van der Waals surface area contributed by atoms with Crippen molar-refractivity contribution in [3.63, 3.8) is 0 Å². The molecule has 25 heavy (non-hydrogen) atoms. The van der Waals surface area contributed by atoms with Crippen molar-refractivity contribution >= 4 is 23.6 Å². The zero-order valence-corrected chi connectivity index (χ0v) is 15.4. The van der Waals surface area contributed by atoms with E-state index in [0.717, 1.165) is 16.7 Å². The molecule has 1 N–H and O–H groups in total. The highest BCUT2D eigenvalue weighted by Gasteiger charge is 2.34. The number of rotatable bonds is 5. The number of nitrogens with one attached hydrogen (secondary N) is 1.